The van der Waals surface area contributed by atoms with Gasteiger partial charge < -0.3 is 10.2 Å². The van der Waals surface area contributed by atoms with Crippen LogP contribution in [0.2, 0.25) is 5.02 Å². The molecule has 2 rings (SSSR count). The molecular formula is C17H28ClN3. The van der Waals surface area contributed by atoms with E-state index < -0.39 is 0 Å². The number of hydrogen-bond acceptors (Lipinski definition) is 3. The van der Waals surface area contributed by atoms with Crippen molar-refractivity contribution in [3.63, 3.8) is 0 Å². The first-order valence-electron chi connectivity index (χ1n) is 8.27. The monoisotopic (exact) mass is 309 g/mol. The Morgan fingerprint density at radius 2 is 2.00 bits per heavy atom. The minimum Gasteiger partial charge on any atom is -0.354 e. The number of halogens is 1. The molecule has 1 saturated carbocycles. The maximum Gasteiger partial charge on any atom is 0.129 e. The lowest BCUT2D eigenvalue weighted by Gasteiger charge is -2.34. The molecule has 0 spiro atoms. The Morgan fingerprint density at radius 1 is 1.29 bits per heavy atom. The topological polar surface area (TPSA) is 28.2 Å². The Morgan fingerprint density at radius 3 is 2.62 bits per heavy atom. The van der Waals surface area contributed by atoms with Crippen LogP contribution < -0.4 is 10.2 Å². The van der Waals surface area contributed by atoms with Gasteiger partial charge in [0.15, 0.2) is 0 Å². The lowest BCUT2D eigenvalue weighted by Crippen LogP contribution is -2.37. The van der Waals surface area contributed by atoms with Gasteiger partial charge in [0.2, 0.25) is 0 Å². The van der Waals surface area contributed by atoms with Crippen molar-refractivity contribution in [2.24, 2.45) is 0 Å². The number of pyridine rings is 1. The molecule has 1 aliphatic carbocycles. The zero-order valence-electron chi connectivity index (χ0n) is 13.5. The van der Waals surface area contributed by atoms with Crippen molar-refractivity contribution >= 4 is 17.4 Å². The molecule has 1 aromatic heterocycles. The van der Waals surface area contributed by atoms with E-state index in [1.807, 2.05) is 6.07 Å². The molecule has 0 aliphatic heterocycles. The van der Waals surface area contributed by atoms with E-state index in [0.717, 1.165) is 29.6 Å². The summed E-state index contributed by atoms with van der Waals surface area (Å²) in [5, 5.41) is 4.16. The number of nitrogens with one attached hydrogen (secondary N) is 1. The highest BCUT2D eigenvalue weighted by molar-refractivity contribution is 6.31. The van der Waals surface area contributed by atoms with Gasteiger partial charge in [0.25, 0.3) is 0 Å². The van der Waals surface area contributed by atoms with E-state index in [1.165, 1.54) is 32.1 Å². The molecule has 0 saturated heterocycles. The van der Waals surface area contributed by atoms with Crippen LogP contribution in [0.3, 0.4) is 0 Å². The predicted molar refractivity (Wildman–Crippen MR) is 91.1 cm³/mol. The van der Waals surface area contributed by atoms with Crippen molar-refractivity contribution in [2.45, 2.75) is 71.5 Å². The smallest absolute Gasteiger partial charge is 0.129 e. The Balaban J connectivity index is 2.14. The second-order valence-electron chi connectivity index (χ2n) is 6.21. The van der Waals surface area contributed by atoms with Gasteiger partial charge in [-0.1, -0.05) is 44.7 Å². The van der Waals surface area contributed by atoms with Crippen LogP contribution in [0.4, 0.5) is 5.82 Å². The molecule has 1 heterocycles. The summed E-state index contributed by atoms with van der Waals surface area (Å²) in [6, 6.07) is 5.14. The fourth-order valence-corrected chi connectivity index (χ4v) is 3.23. The Bertz CT molecular complexity index is 442. The third-order valence-corrected chi connectivity index (χ3v) is 4.58. The van der Waals surface area contributed by atoms with E-state index in [2.05, 4.69) is 37.1 Å². The van der Waals surface area contributed by atoms with E-state index in [0.29, 0.717) is 12.1 Å². The van der Waals surface area contributed by atoms with Crippen LogP contribution in [0.5, 0.6) is 0 Å². The van der Waals surface area contributed by atoms with Crippen molar-refractivity contribution in [3.8, 4) is 0 Å². The predicted octanol–water partition coefficient (Wildman–Crippen LogP) is 4.39. The summed E-state index contributed by atoms with van der Waals surface area (Å²) in [5.41, 5.74) is 0.956. The molecule has 1 fully saturated rings. The fourth-order valence-electron chi connectivity index (χ4n) is 3.06. The molecule has 1 aromatic rings. The van der Waals surface area contributed by atoms with Gasteiger partial charge in [-0.25, -0.2) is 4.98 Å². The van der Waals surface area contributed by atoms with Gasteiger partial charge in [-0.15, -0.1) is 0 Å². The van der Waals surface area contributed by atoms with Gasteiger partial charge in [-0.2, -0.15) is 0 Å². The maximum atomic E-state index is 6.29. The molecule has 0 bridgehead atoms. The Labute approximate surface area is 134 Å². The second-order valence-corrected chi connectivity index (χ2v) is 6.62. The molecule has 1 aliphatic rings. The van der Waals surface area contributed by atoms with Crippen LogP contribution in [0.1, 0.15) is 58.6 Å². The van der Waals surface area contributed by atoms with Gasteiger partial charge in [0.05, 0.1) is 10.7 Å². The molecule has 0 unspecified atom stereocenters. The molecule has 4 heteroatoms. The molecule has 3 nitrogen and oxygen atoms in total. The molecular weight excluding hydrogens is 282 g/mol. The van der Waals surface area contributed by atoms with E-state index in [1.54, 1.807) is 0 Å². The lowest BCUT2D eigenvalue weighted by atomic mass is 9.94. The summed E-state index contributed by atoms with van der Waals surface area (Å²) < 4.78 is 0. The van der Waals surface area contributed by atoms with Crippen LogP contribution in [-0.2, 0) is 6.54 Å². The van der Waals surface area contributed by atoms with Crippen molar-refractivity contribution in [3.05, 3.63) is 22.8 Å². The van der Waals surface area contributed by atoms with E-state index >= 15 is 0 Å². The third-order valence-electron chi connectivity index (χ3n) is 4.23. The highest BCUT2D eigenvalue weighted by atomic mass is 35.5. The van der Waals surface area contributed by atoms with Crippen LogP contribution in [0.25, 0.3) is 0 Å². The zero-order valence-corrected chi connectivity index (χ0v) is 14.3. The van der Waals surface area contributed by atoms with Crippen LogP contribution in [-0.4, -0.2) is 23.6 Å². The van der Waals surface area contributed by atoms with Crippen molar-refractivity contribution in [1.29, 1.82) is 0 Å². The van der Waals surface area contributed by atoms with E-state index in [4.69, 9.17) is 16.6 Å². The van der Waals surface area contributed by atoms with Gasteiger partial charge >= 0.3 is 0 Å². The Hall–Kier alpha value is -0.800. The summed E-state index contributed by atoms with van der Waals surface area (Å²) in [6.07, 6.45) is 6.65. The first-order chi connectivity index (χ1) is 10.1. The third kappa shape index (κ3) is 4.58. The highest BCUT2D eigenvalue weighted by Crippen LogP contribution is 2.27. The minimum atomic E-state index is 0.437. The average Bonchev–Trinajstić information content (AvgIpc) is 2.49. The molecule has 0 atom stereocenters. The van der Waals surface area contributed by atoms with E-state index in [-0.39, 0.29) is 0 Å². The van der Waals surface area contributed by atoms with Crippen LogP contribution >= 0.6 is 11.6 Å². The second kappa shape index (κ2) is 8.00. The fraction of sp³-hybridized carbons (Fsp3) is 0.706. The summed E-state index contributed by atoms with van der Waals surface area (Å²) >= 11 is 6.29. The molecule has 1 N–H and O–H groups in total. The summed E-state index contributed by atoms with van der Waals surface area (Å²) in [4.78, 5) is 7.27. The minimum absolute atomic E-state index is 0.437. The van der Waals surface area contributed by atoms with Crippen molar-refractivity contribution in [2.75, 3.05) is 11.4 Å². The van der Waals surface area contributed by atoms with E-state index in [9.17, 15) is 0 Å². The van der Waals surface area contributed by atoms with Gasteiger partial charge in [0.1, 0.15) is 5.82 Å². The first-order valence-corrected chi connectivity index (χ1v) is 8.65. The molecule has 118 valence electrons. The molecule has 21 heavy (non-hydrogen) atoms. The SMILES string of the molecule is CCN(c1ccc(Cl)c(CNC(C)C)n1)C1CCCCC1. The first kappa shape index (κ1) is 16.6. The van der Waals surface area contributed by atoms with Gasteiger partial charge in [-0.3, -0.25) is 0 Å². The van der Waals surface area contributed by atoms with Crippen LogP contribution in [0.15, 0.2) is 12.1 Å². The summed E-state index contributed by atoms with van der Waals surface area (Å²) in [6.45, 7) is 8.23. The molecule has 0 amide bonds. The quantitative estimate of drug-likeness (QED) is 0.844. The highest BCUT2D eigenvalue weighted by Gasteiger charge is 2.21. The number of aromatic nitrogens is 1. The van der Waals surface area contributed by atoms with Crippen LogP contribution in [0, 0.1) is 0 Å². The summed E-state index contributed by atoms with van der Waals surface area (Å²) in [5.74, 6) is 1.08. The normalized spacial score (nSPS) is 16.4. The number of anilines is 1. The molecule has 0 radical (unpaired) electrons. The maximum absolute atomic E-state index is 6.29. The standard InChI is InChI=1S/C17H28ClN3/c1-4-21(14-8-6-5-7-9-14)17-11-10-15(18)16(20-17)12-19-13(2)3/h10-11,13-14,19H,4-9,12H2,1-3H3. The van der Waals surface area contributed by atoms with Gasteiger partial charge in [-0.05, 0) is 31.9 Å². The lowest BCUT2D eigenvalue weighted by molar-refractivity contribution is 0.416. The zero-order chi connectivity index (χ0) is 15.2. The van der Waals surface area contributed by atoms with Crippen molar-refractivity contribution < 1.29 is 0 Å². The Kier molecular flexibility index (Phi) is 6.31. The largest absolute Gasteiger partial charge is 0.354 e. The van der Waals surface area contributed by atoms with Gasteiger partial charge in [0, 0.05) is 25.2 Å². The van der Waals surface area contributed by atoms with Crippen molar-refractivity contribution in [1.82, 2.24) is 10.3 Å². The average molecular weight is 310 g/mol. The molecule has 0 aromatic carbocycles. The number of rotatable bonds is 6. The summed E-state index contributed by atoms with van der Waals surface area (Å²) in [7, 11) is 0. The number of hydrogen-bond donors (Lipinski definition) is 1. The number of nitrogens with zero attached hydrogens (tertiary/aromatic N) is 2.